The maximum absolute atomic E-state index is 14.5. The van der Waals surface area contributed by atoms with Crippen molar-refractivity contribution in [1.82, 2.24) is 9.88 Å². The monoisotopic (exact) mass is 390 g/mol. The van der Waals surface area contributed by atoms with Gasteiger partial charge in [0.2, 0.25) is 0 Å². The Bertz CT molecular complexity index is 969. The standard InChI is InChI=1S/C24H27FN4/c1-5-18-6-7-21(23(25)9-18)17(4)28-11-19-13-29(14-20(19)12-28)24-8-15(2)22(10-26)16(3)27-24/h6-9,19-20H,4-5,11-14H2,1-3H3/t19-,20+. The molecule has 0 saturated carbocycles. The third kappa shape index (κ3) is 3.48. The Hall–Kier alpha value is -2.87. The maximum Gasteiger partial charge on any atom is 0.132 e. The second-order valence-corrected chi connectivity index (χ2v) is 8.31. The van der Waals surface area contributed by atoms with Crippen molar-refractivity contribution in [2.24, 2.45) is 11.8 Å². The summed E-state index contributed by atoms with van der Waals surface area (Å²) in [5.41, 5.74) is 4.85. The molecule has 0 amide bonds. The molecule has 2 fully saturated rings. The highest BCUT2D eigenvalue weighted by molar-refractivity contribution is 5.63. The van der Waals surface area contributed by atoms with E-state index in [-0.39, 0.29) is 5.82 Å². The van der Waals surface area contributed by atoms with Crippen LogP contribution < -0.4 is 4.90 Å². The summed E-state index contributed by atoms with van der Waals surface area (Å²) in [6.45, 7) is 13.8. The zero-order valence-electron chi connectivity index (χ0n) is 17.4. The van der Waals surface area contributed by atoms with Crippen LogP contribution >= 0.6 is 0 Å². The minimum Gasteiger partial charge on any atom is -0.371 e. The number of rotatable bonds is 4. The molecular weight excluding hydrogens is 363 g/mol. The number of hydrogen-bond donors (Lipinski definition) is 0. The number of aromatic nitrogens is 1. The predicted octanol–water partition coefficient (Wildman–Crippen LogP) is 4.31. The van der Waals surface area contributed by atoms with Crippen molar-refractivity contribution in [2.75, 3.05) is 31.1 Å². The number of fused-ring (bicyclic) bond motifs is 1. The molecule has 3 heterocycles. The Kier molecular flexibility index (Phi) is 5.04. The Morgan fingerprint density at radius 3 is 2.45 bits per heavy atom. The predicted molar refractivity (Wildman–Crippen MR) is 114 cm³/mol. The van der Waals surface area contributed by atoms with Gasteiger partial charge in [0.1, 0.15) is 17.7 Å². The molecule has 5 heteroatoms. The van der Waals surface area contributed by atoms with E-state index in [1.807, 2.05) is 39.0 Å². The molecule has 0 aliphatic carbocycles. The fourth-order valence-electron chi connectivity index (χ4n) is 4.73. The molecule has 2 atom stereocenters. The van der Waals surface area contributed by atoms with E-state index in [1.165, 1.54) is 0 Å². The van der Waals surface area contributed by atoms with Crippen molar-refractivity contribution in [2.45, 2.75) is 27.2 Å². The van der Waals surface area contributed by atoms with Gasteiger partial charge in [-0.05, 0) is 49.6 Å². The molecule has 0 unspecified atom stereocenters. The van der Waals surface area contributed by atoms with Gasteiger partial charge in [-0.3, -0.25) is 0 Å². The molecule has 150 valence electrons. The van der Waals surface area contributed by atoms with E-state index in [9.17, 15) is 9.65 Å². The van der Waals surface area contributed by atoms with Crippen molar-refractivity contribution < 1.29 is 4.39 Å². The third-order valence-corrected chi connectivity index (χ3v) is 6.44. The first-order valence-electron chi connectivity index (χ1n) is 10.3. The number of hydrogen-bond acceptors (Lipinski definition) is 4. The zero-order chi connectivity index (χ0) is 20.7. The highest BCUT2D eigenvalue weighted by Gasteiger charge is 2.41. The van der Waals surface area contributed by atoms with Crippen LogP contribution in [0.4, 0.5) is 10.2 Å². The highest BCUT2D eigenvalue weighted by Crippen LogP contribution is 2.37. The minimum atomic E-state index is -0.180. The lowest BCUT2D eigenvalue weighted by Gasteiger charge is -2.26. The van der Waals surface area contributed by atoms with Crippen molar-refractivity contribution in [1.29, 1.82) is 5.26 Å². The van der Waals surface area contributed by atoms with Crippen LogP contribution in [0.1, 0.15) is 34.9 Å². The van der Waals surface area contributed by atoms with Crippen molar-refractivity contribution in [3.8, 4) is 6.07 Å². The molecule has 1 aromatic carbocycles. The molecular formula is C24H27FN4. The molecule has 2 aromatic rings. The van der Waals surface area contributed by atoms with E-state index in [0.29, 0.717) is 23.0 Å². The molecule has 2 aliphatic heterocycles. The van der Waals surface area contributed by atoms with Crippen LogP contribution in [0.2, 0.25) is 0 Å². The van der Waals surface area contributed by atoms with E-state index in [2.05, 4.69) is 27.4 Å². The Labute approximate surface area is 172 Å². The summed E-state index contributed by atoms with van der Waals surface area (Å²) in [6, 6.07) is 9.74. The molecule has 4 nitrogen and oxygen atoms in total. The summed E-state index contributed by atoms with van der Waals surface area (Å²) >= 11 is 0. The number of benzene rings is 1. The number of nitriles is 1. The smallest absolute Gasteiger partial charge is 0.132 e. The Morgan fingerprint density at radius 1 is 1.21 bits per heavy atom. The SMILES string of the molecule is C=C(c1ccc(CC)cc1F)N1C[C@@H]2CN(c3cc(C)c(C#N)c(C)n3)C[C@@H]2C1. The van der Waals surface area contributed by atoms with Crippen LogP contribution in [0.25, 0.3) is 5.70 Å². The fraction of sp³-hybridized carbons (Fsp3) is 0.417. The van der Waals surface area contributed by atoms with Crippen LogP contribution in [-0.4, -0.2) is 36.1 Å². The summed E-state index contributed by atoms with van der Waals surface area (Å²) in [5, 5.41) is 9.27. The van der Waals surface area contributed by atoms with Gasteiger partial charge in [0.15, 0.2) is 0 Å². The largest absolute Gasteiger partial charge is 0.371 e. The summed E-state index contributed by atoms with van der Waals surface area (Å²) in [6.07, 6.45) is 0.829. The number of pyridine rings is 1. The van der Waals surface area contributed by atoms with Gasteiger partial charge in [-0.15, -0.1) is 0 Å². The van der Waals surface area contributed by atoms with E-state index >= 15 is 0 Å². The second-order valence-electron chi connectivity index (χ2n) is 8.31. The molecule has 0 N–H and O–H groups in total. The summed E-state index contributed by atoms with van der Waals surface area (Å²) in [5.74, 6) is 1.81. The van der Waals surface area contributed by atoms with E-state index in [1.54, 1.807) is 6.07 Å². The first-order valence-corrected chi connectivity index (χ1v) is 10.3. The normalized spacial score (nSPS) is 20.7. The third-order valence-electron chi connectivity index (χ3n) is 6.44. The highest BCUT2D eigenvalue weighted by atomic mass is 19.1. The van der Waals surface area contributed by atoms with Crippen LogP contribution in [0, 0.1) is 42.8 Å². The van der Waals surface area contributed by atoms with Gasteiger partial charge in [0.05, 0.1) is 11.3 Å². The van der Waals surface area contributed by atoms with Crippen molar-refractivity contribution in [3.63, 3.8) is 0 Å². The summed E-state index contributed by atoms with van der Waals surface area (Å²) < 4.78 is 14.5. The lowest BCUT2D eigenvalue weighted by molar-refractivity contribution is 0.451. The van der Waals surface area contributed by atoms with Crippen molar-refractivity contribution in [3.05, 3.63) is 64.6 Å². The fourth-order valence-corrected chi connectivity index (χ4v) is 4.73. The van der Waals surface area contributed by atoms with Gasteiger partial charge in [0, 0.05) is 49.3 Å². The number of anilines is 1. The second kappa shape index (κ2) is 7.51. The first kappa shape index (κ1) is 19.4. The van der Waals surface area contributed by atoms with Crippen LogP contribution in [0.3, 0.4) is 0 Å². The lowest BCUT2D eigenvalue weighted by Crippen LogP contribution is -2.28. The molecule has 2 saturated heterocycles. The molecule has 4 rings (SSSR count). The average Bonchev–Trinajstić information content (AvgIpc) is 3.26. The van der Waals surface area contributed by atoms with Crippen LogP contribution in [0.5, 0.6) is 0 Å². The number of halogens is 1. The molecule has 0 spiro atoms. The van der Waals surface area contributed by atoms with E-state index < -0.39 is 0 Å². The molecule has 2 aliphatic rings. The molecule has 0 bridgehead atoms. The number of likely N-dealkylation sites (tertiary alicyclic amines) is 1. The van der Waals surface area contributed by atoms with Gasteiger partial charge in [-0.2, -0.15) is 5.26 Å². The topological polar surface area (TPSA) is 43.2 Å². The maximum atomic E-state index is 14.5. The number of aryl methyl sites for hydroxylation is 3. The van der Waals surface area contributed by atoms with Gasteiger partial charge in [0.25, 0.3) is 0 Å². The first-order chi connectivity index (χ1) is 13.9. The van der Waals surface area contributed by atoms with Gasteiger partial charge >= 0.3 is 0 Å². The molecule has 0 radical (unpaired) electrons. The number of nitrogens with zero attached hydrogens (tertiary/aromatic N) is 4. The Balaban J connectivity index is 1.45. The van der Waals surface area contributed by atoms with Gasteiger partial charge < -0.3 is 9.80 Å². The molecule has 29 heavy (non-hydrogen) atoms. The van der Waals surface area contributed by atoms with E-state index in [4.69, 9.17) is 0 Å². The minimum absolute atomic E-state index is 0.180. The van der Waals surface area contributed by atoms with Crippen LogP contribution in [-0.2, 0) is 6.42 Å². The van der Waals surface area contributed by atoms with E-state index in [0.717, 1.165) is 60.9 Å². The summed E-state index contributed by atoms with van der Waals surface area (Å²) in [7, 11) is 0. The average molecular weight is 391 g/mol. The van der Waals surface area contributed by atoms with Gasteiger partial charge in [-0.25, -0.2) is 9.37 Å². The van der Waals surface area contributed by atoms with Crippen LogP contribution in [0.15, 0.2) is 30.8 Å². The quantitative estimate of drug-likeness (QED) is 0.780. The summed E-state index contributed by atoms with van der Waals surface area (Å²) in [4.78, 5) is 9.23. The zero-order valence-corrected chi connectivity index (χ0v) is 17.4. The lowest BCUT2D eigenvalue weighted by atomic mass is 10.0. The van der Waals surface area contributed by atoms with Crippen molar-refractivity contribution >= 4 is 11.5 Å². The van der Waals surface area contributed by atoms with Gasteiger partial charge in [-0.1, -0.05) is 19.6 Å². The Morgan fingerprint density at radius 2 is 1.90 bits per heavy atom. The molecule has 1 aromatic heterocycles.